The average Bonchev–Trinajstić information content (AvgIpc) is 2.76. The first-order valence-electron chi connectivity index (χ1n) is 5.36. The fraction of sp³-hybridized carbons (Fsp3) is 0.250. The van der Waals surface area contributed by atoms with Crippen molar-refractivity contribution in [3.05, 3.63) is 46.2 Å². The molecular formula is C12H12ClF2N3. The van der Waals surface area contributed by atoms with E-state index in [0.29, 0.717) is 16.3 Å². The van der Waals surface area contributed by atoms with Gasteiger partial charge < -0.3 is 5.73 Å². The first-order valence-corrected chi connectivity index (χ1v) is 5.74. The van der Waals surface area contributed by atoms with Gasteiger partial charge in [0.15, 0.2) is 0 Å². The minimum atomic E-state index is -2.63. The molecule has 0 unspecified atom stereocenters. The Labute approximate surface area is 108 Å². The molecule has 0 amide bonds. The lowest BCUT2D eigenvalue weighted by Gasteiger charge is -2.09. The average molecular weight is 272 g/mol. The van der Waals surface area contributed by atoms with Crippen LogP contribution in [-0.2, 0) is 6.54 Å². The van der Waals surface area contributed by atoms with Crippen molar-refractivity contribution in [3.63, 3.8) is 0 Å². The maximum absolute atomic E-state index is 13.0. The van der Waals surface area contributed by atoms with Gasteiger partial charge in [0.25, 0.3) is 6.43 Å². The minimum absolute atomic E-state index is 0.0271. The minimum Gasteiger partial charge on any atom is -0.326 e. The zero-order valence-electron chi connectivity index (χ0n) is 9.70. The third kappa shape index (κ3) is 2.23. The van der Waals surface area contributed by atoms with Gasteiger partial charge in [0.05, 0.1) is 11.9 Å². The zero-order valence-corrected chi connectivity index (χ0v) is 10.5. The van der Waals surface area contributed by atoms with Crippen LogP contribution in [0.25, 0.3) is 5.69 Å². The molecule has 0 saturated heterocycles. The van der Waals surface area contributed by atoms with E-state index < -0.39 is 6.43 Å². The van der Waals surface area contributed by atoms with Gasteiger partial charge in [-0.3, -0.25) is 0 Å². The molecule has 1 aromatic heterocycles. The first kappa shape index (κ1) is 13.0. The summed E-state index contributed by atoms with van der Waals surface area (Å²) in [6, 6.07) is 5.06. The van der Waals surface area contributed by atoms with Crippen molar-refractivity contribution in [2.45, 2.75) is 19.9 Å². The Hall–Kier alpha value is -1.46. The van der Waals surface area contributed by atoms with Crippen molar-refractivity contribution >= 4 is 11.6 Å². The van der Waals surface area contributed by atoms with Gasteiger partial charge in [0.2, 0.25) is 0 Å². The maximum atomic E-state index is 13.0. The van der Waals surface area contributed by atoms with E-state index in [2.05, 4.69) is 5.10 Å². The van der Waals surface area contributed by atoms with E-state index in [1.807, 2.05) is 6.92 Å². The summed E-state index contributed by atoms with van der Waals surface area (Å²) in [4.78, 5) is 0. The summed E-state index contributed by atoms with van der Waals surface area (Å²) >= 11 is 5.98. The molecule has 1 aromatic carbocycles. The van der Waals surface area contributed by atoms with E-state index in [-0.39, 0.29) is 12.2 Å². The van der Waals surface area contributed by atoms with Crippen LogP contribution in [0.15, 0.2) is 24.4 Å². The number of hydrogen-bond donors (Lipinski definition) is 1. The molecule has 0 aliphatic carbocycles. The van der Waals surface area contributed by atoms with Gasteiger partial charge in [-0.05, 0) is 24.6 Å². The van der Waals surface area contributed by atoms with E-state index >= 15 is 0 Å². The van der Waals surface area contributed by atoms with E-state index in [1.54, 1.807) is 18.2 Å². The second kappa shape index (κ2) is 5.04. The Kier molecular flexibility index (Phi) is 3.63. The predicted octanol–water partition coefficient (Wildman–Crippen LogP) is 3.23. The van der Waals surface area contributed by atoms with Crippen molar-refractivity contribution in [3.8, 4) is 5.69 Å². The Bertz CT molecular complexity index is 566. The van der Waals surface area contributed by atoms with Crippen LogP contribution in [0.4, 0.5) is 8.78 Å². The van der Waals surface area contributed by atoms with Crippen LogP contribution in [0.1, 0.15) is 23.2 Å². The number of rotatable bonds is 3. The highest BCUT2D eigenvalue weighted by Crippen LogP contribution is 2.27. The van der Waals surface area contributed by atoms with Crippen LogP contribution in [0.5, 0.6) is 0 Å². The second-order valence-corrected chi connectivity index (χ2v) is 4.31. The van der Waals surface area contributed by atoms with E-state index in [9.17, 15) is 8.78 Å². The number of hydrogen-bond acceptors (Lipinski definition) is 2. The number of nitrogens with zero attached hydrogens (tertiary/aromatic N) is 2. The lowest BCUT2D eigenvalue weighted by molar-refractivity contribution is 0.141. The van der Waals surface area contributed by atoms with Gasteiger partial charge in [-0.2, -0.15) is 5.10 Å². The third-order valence-electron chi connectivity index (χ3n) is 2.71. The summed E-state index contributed by atoms with van der Waals surface area (Å²) in [7, 11) is 0. The fourth-order valence-electron chi connectivity index (χ4n) is 1.70. The Balaban J connectivity index is 2.56. The number of aryl methyl sites for hydroxylation is 1. The number of nitrogens with two attached hydrogens (primary N) is 1. The molecule has 96 valence electrons. The molecule has 2 rings (SSSR count). The van der Waals surface area contributed by atoms with Crippen LogP contribution in [0.3, 0.4) is 0 Å². The van der Waals surface area contributed by atoms with Crippen LogP contribution in [0, 0.1) is 6.92 Å². The summed E-state index contributed by atoms with van der Waals surface area (Å²) in [6.07, 6.45) is -1.28. The monoisotopic (exact) mass is 271 g/mol. The highest BCUT2D eigenvalue weighted by molar-refractivity contribution is 6.31. The van der Waals surface area contributed by atoms with Crippen molar-refractivity contribution in [2.24, 2.45) is 5.73 Å². The molecule has 2 N–H and O–H groups in total. The predicted molar refractivity (Wildman–Crippen MR) is 66.2 cm³/mol. The summed E-state index contributed by atoms with van der Waals surface area (Å²) in [5, 5.41) is 4.46. The molecule has 3 nitrogen and oxygen atoms in total. The quantitative estimate of drug-likeness (QED) is 0.931. The van der Waals surface area contributed by atoms with E-state index in [1.165, 1.54) is 10.9 Å². The van der Waals surface area contributed by atoms with Crippen molar-refractivity contribution in [1.82, 2.24) is 9.78 Å². The number of benzene rings is 1. The fourth-order valence-corrected chi connectivity index (χ4v) is 1.88. The molecule has 18 heavy (non-hydrogen) atoms. The zero-order chi connectivity index (χ0) is 13.3. The summed E-state index contributed by atoms with van der Waals surface area (Å²) in [6.45, 7) is 1.87. The van der Waals surface area contributed by atoms with Gasteiger partial charge in [-0.15, -0.1) is 0 Å². The summed E-state index contributed by atoms with van der Waals surface area (Å²) in [5.41, 5.74) is 6.95. The maximum Gasteiger partial charge on any atom is 0.280 e. The van der Waals surface area contributed by atoms with Crippen molar-refractivity contribution in [2.75, 3.05) is 0 Å². The van der Waals surface area contributed by atoms with Gasteiger partial charge in [-0.25, -0.2) is 13.5 Å². The molecule has 0 radical (unpaired) electrons. The lowest BCUT2D eigenvalue weighted by Crippen LogP contribution is -2.06. The normalized spacial score (nSPS) is 11.2. The molecule has 0 fully saturated rings. The number of aromatic nitrogens is 2. The Morgan fingerprint density at radius 3 is 2.72 bits per heavy atom. The van der Waals surface area contributed by atoms with Crippen molar-refractivity contribution in [1.29, 1.82) is 0 Å². The van der Waals surface area contributed by atoms with Gasteiger partial charge in [0.1, 0.15) is 5.69 Å². The first-order chi connectivity index (χ1) is 8.54. The largest absolute Gasteiger partial charge is 0.326 e. The SMILES string of the molecule is Cc1ccc(-n2ncc(CN)c2C(F)F)cc1Cl. The Morgan fingerprint density at radius 2 is 2.17 bits per heavy atom. The number of halogens is 3. The van der Waals surface area contributed by atoms with Gasteiger partial charge in [0, 0.05) is 17.1 Å². The molecule has 1 heterocycles. The molecule has 0 aliphatic heterocycles. The van der Waals surface area contributed by atoms with E-state index in [4.69, 9.17) is 17.3 Å². The third-order valence-corrected chi connectivity index (χ3v) is 3.12. The topological polar surface area (TPSA) is 43.8 Å². The van der Waals surface area contributed by atoms with Gasteiger partial charge in [-0.1, -0.05) is 17.7 Å². The van der Waals surface area contributed by atoms with Crippen LogP contribution in [0.2, 0.25) is 5.02 Å². The summed E-state index contributed by atoms with van der Waals surface area (Å²) in [5.74, 6) is 0. The molecule has 0 spiro atoms. The molecule has 2 aromatic rings. The Morgan fingerprint density at radius 1 is 1.44 bits per heavy atom. The second-order valence-electron chi connectivity index (χ2n) is 3.91. The molecule has 0 atom stereocenters. The summed E-state index contributed by atoms with van der Waals surface area (Å²) < 4.78 is 27.2. The highest BCUT2D eigenvalue weighted by Gasteiger charge is 2.20. The van der Waals surface area contributed by atoms with Crippen LogP contribution < -0.4 is 5.73 Å². The smallest absolute Gasteiger partial charge is 0.280 e. The number of alkyl halides is 2. The standard InChI is InChI=1S/C12H12ClF2N3/c1-7-2-3-9(4-10(7)13)18-11(12(14)15)8(5-16)6-17-18/h2-4,6,12H,5,16H2,1H3. The van der Waals surface area contributed by atoms with Crippen LogP contribution in [-0.4, -0.2) is 9.78 Å². The van der Waals surface area contributed by atoms with E-state index in [0.717, 1.165) is 5.56 Å². The molecular weight excluding hydrogens is 260 g/mol. The molecule has 6 heteroatoms. The lowest BCUT2D eigenvalue weighted by atomic mass is 10.2. The van der Waals surface area contributed by atoms with Crippen molar-refractivity contribution < 1.29 is 8.78 Å². The molecule has 0 aliphatic rings. The van der Waals surface area contributed by atoms with Gasteiger partial charge >= 0.3 is 0 Å². The molecule has 0 saturated carbocycles. The molecule has 0 bridgehead atoms. The van der Waals surface area contributed by atoms with Crippen LogP contribution >= 0.6 is 11.6 Å². The highest BCUT2D eigenvalue weighted by atomic mass is 35.5.